The molecule has 1 saturated heterocycles. The van der Waals surface area contributed by atoms with Crippen molar-refractivity contribution < 1.29 is 4.74 Å². The number of hydrogen-bond donors (Lipinski definition) is 1. The number of rotatable bonds is 7. The lowest BCUT2D eigenvalue weighted by atomic mass is 10.0. The summed E-state index contributed by atoms with van der Waals surface area (Å²) in [6.07, 6.45) is 4.03. The summed E-state index contributed by atoms with van der Waals surface area (Å²) in [5.74, 6) is 1.89. The molecule has 2 atom stereocenters. The summed E-state index contributed by atoms with van der Waals surface area (Å²) in [6, 6.07) is 6.78. The quantitative estimate of drug-likeness (QED) is 0.833. The van der Waals surface area contributed by atoms with Crippen molar-refractivity contribution in [2.75, 3.05) is 33.8 Å². The zero-order valence-corrected chi connectivity index (χ0v) is 14.0. The van der Waals surface area contributed by atoms with Crippen LogP contribution in [0.5, 0.6) is 5.75 Å². The zero-order valence-electron chi connectivity index (χ0n) is 14.0. The molecule has 21 heavy (non-hydrogen) atoms. The smallest absolute Gasteiger partial charge is 0.123 e. The molecular formula is C18H30N2O. The van der Waals surface area contributed by atoms with Gasteiger partial charge in [0.15, 0.2) is 0 Å². The van der Waals surface area contributed by atoms with Gasteiger partial charge < -0.3 is 15.0 Å². The summed E-state index contributed by atoms with van der Waals surface area (Å²) >= 11 is 0. The molecule has 1 fully saturated rings. The lowest BCUT2D eigenvalue weighted by molar-refractivity contribution is 0.282. The largest absolute Gasteiger partial charge is 0.496 e. The molecule has 2 unspecified atom stereocenters. The second kappa shape index (κ2) is 7.81. The molecule has 1 aliphatic heterocycles. The number of aryl methyl sites for hydroxylation is 1. The Kier molecular flexibility index (Phi) is 6.07. The van der Waals surface area contributed by atoms with Crippen molar-refractivity contribution in [2.24, 2.45) is 5.92 Å². The van der Waals surface area contributed by atoms with E-state index in [-0.39, 0.29) is 0 Å². The van der Waals surface area contributed by atoms with Gasteiger partial charge in [-0.15, -0.1) is 0 Å². The van der Waals surface area contributed by atoms with E-state index in [1.54, 1.807) is 7.11 Å². The normalized spacial score (nSPS) is 20.7. The van der Waals surface area contributed by atoms with Gasteiger partial charge in [0.05, 0.1) is 7.11 Å². The van der Waals surface area contributed by atoms with E-state index >= 15 is 0 Å². The first-order valence-electron chi connectivity index (χ1n) is 8.22. The van der Waals surface area contributed by atoms with E-state index < -0.39 is 0 Å². The highest BCUT2D eigenvalue weighted by Crippen LogP contribution is 2.29. The number of ether oxygens (including phenoxy) is 1. The van der Waals surface area contributed by atoms with Crippen molar-refractivity contribution in [3.63, 3.8) is 0 Å². The van der Waals surface area contributed by atoms with E-state index in [0.29, 0.717) is 6.04 Å². The molecule has 0 radical (unpaired) electrons. The van der Waals surface area contributed by atoms with Gasteiger partial charge in [0.1, 0.15) is 5.75 Å². The monoisotopic (exact) mass is 290 g/mol. The number of methoxy groups -OCH3 is 1. The molecule has 1 heterocycles. The SMILES string of the molecule is CCCC1CCN(CC(NC)c2cc(C)ccc2OC)C1. The molecule has 0 aromatic heterocycles. The van der Waals surface area contributed by atoms with Crippen LogP contribution in [-0.2, 0) is 0 Å². The van der Waals surface area contributed by atoms with E-state index in [4.69, 9.17) is 4.74 Å². The summed E-state index contributed by atoms with van der Waals surface area (Å²) in [4.78, 5) is 2.60. The second-order valence-corrected chi connectivity index (χ2v) is 6.29. The Labute approximate surface area is 129 Å². The maximum absolute atomic E-state index is 5.55. The fourth-order valence-corrected chi connectivity index (χ4v) is 3.45. The van der Waals surface area contributed by atoms with Crippen molar-refractivity contribution in [1.82, 2.24) is 10.2 Å². The minimum atomic E-state index is 0.334. The van der Waals surface area contributed by atoms with Crippen LogP contribution in [0.4, 0.5) is 0 Å². The molecule has 1 N–H and O–H groups in total. The van der Waals surface area contributed by atoms with E-state index in [9.17, 15) is 0 Å². The molecule has 3 heteroatoms. The number of likely N-dealkylation sites (N-methyl/N-ethyl adjacent to an activating group) is 1. The Balaban J connectivity index is 2.05. The molecule has 0 aliphatic carbocycles. The maximum Gasteiger partial charge on any atom is 0.123 e. The number of benzene rings is 1. The minimum absolute atomic E-state index is 0.334. The minimum Gasteiger partial charge on any atom is -0.496 e. The first-order chi connectivity index (χ1) is 10.2. The molecule has 0 spiro atoms. The van der Waals surface area contributed by atoms with Gasteiger partial charge in [-0.1, -0.05) is 31.0 Å². The third-order valence-electron chi connectivity index (χ3n) is 4.62. The summed E-state index contributed by atoms with van der Waals surface area (Å²) < 4.78 is 5.55. The standard InChI is InChI=1S/C18H30N2O/c1-5-6-15-9-10-20(12-15)13-17(19-3)16-11-14(2)7-8-18(16)21-4/h7-8,11,15,17,19H,5-6,9-10,12-13H2,1-4H3. The van der Waals surface area contributed by atoms with Crippen molar-refractivity contribution >= 4 is 0 Å². The third-order valence-corrected chi connectivity index (χ3v) is 4.62. The summed E-state index contributed by atoms with van der Waals surface area (Å²) in [6.45, 7) is 7.98. The van der Waals surface area contributed by atoms with Crippen LogP contribution < -0.4 is 10.1 Å². The van der Waals surface area contributed by atoms with Crippen molar-refractivity contribution in [3.05, 3.63) is 29.3 Å². The Morgan fingerprint density at radius 2 is 2.24 bits per heavy atom. The van der Waals surface area contributed by atoms with Crippen LogP contribution >= 0.6 is 0 Å². The van der Waals surface area contributed by atoms with E-state index in [1.165, 1.54) is 43.5 Å². The average molecular weight is 290 g/mol. The van der Waals surface area contributed by atoms with Gasteiger partial charge in [0, 0.05) is 24.7 Å². The molecule has 0 amide bonds. The summed E-state index contributed by atoms with van der Waals surface area (Å²) in [5.41, 5.74) is 2.57. The highest BCUT2D eigenvalue weighted by Gasteiger charge is 2.25. The molecule has 1 aliphatic rings. The molecule has 118 valence electrons. The average Bonchev–Trinajstić information content (AvgIpc) is 2.92. The number of nitrogens with zero attached hydrogens (tertiary/aromatic N) is 1. The van der Waals surface area contributed by atoms with Crippen LogP contribution in [0, 0.1) is 12.8 Å². The van der Waals surface area contributed by atoms with Crippen LogP contribution in [0.25, 0.3) is 0 Å². The Morgan fingerprint density at radius 3 is 2.90 bits per heavy atom. The van der Waals surface area contributed by atoms with Crippen LogP contribution in [-0.4, -0.2) is 38.7 Å². The summed E-state index contributed by atoms with van der Waals surface area (Å²) in [7, 11) is 3.81. The molecule has 3 nitrogen and oxygen atoms in total. The van der Waals surface area contributed by atoms with Crippen LogP contribution in [0.1, 0.15) is 43.4 Å². The number of hydrogen-bond acceptors (Lipinski definition) is 3. The third kappa shape index (κ3) is 4.21. The predicted octanol–water partition coefficient (Wildman–Crippen LogP) is 3.39. The number of likely N-dealkylation sites (tertiary alicyclic amines) is 1. The Morgan fingerprint density at radius 1 is 1.43 bits per heavy atom. The van der Waals surface area contributed by atoms with Crippen molar-refractivity contribution in [3.8, 4) is 5.75 Å². The zero-order chi connectivity index (χ0) is 15.2. The molecule has 1 aromatic carbocycles. The van der Waals surface area contributed by atoms with Gasteiger partial charge in [0.25, 0.3) is 0 Å². The van der Waals surface area contributed by atoms with Crippen LogP contribution in [0.2, 0.25) is 0 Å². The van der Waals surface area contributed by atoms with Crippen LogP contribution in [0.3, 0.4) is 0 Å². The van der Waals surface area contributed by atoms with Gasteiger partial charge >= 0.3 is 0 Å². The van der Waals surface area contributed by atoms with Gasteiger partial charge in [0.2, 0.25) is 0 Å². The van der Waals surface area contributed by atoms with Gasteiger partial charge in [-0.05, 0) is 45.3 Å². The van der Waals surface area contributed by atoms with E-state index in [0.717, 1.165) is 18.2 Å². The topological polar surface area (TPSA) is 24.5 Å². The molecule has 0 bridgehead atoms. The van der Waals surface area contributed by atoms with Crippen molar-refractivity contribution in [1.29, 1.82) is 0 Å². The van der Waals surface area contributed by atoms with Gasteiger partial charge in [-0.3, -0.25) is 0 Å². The molecule has 1 aromatic rings. The highest BCUT2D eigenvalue weighted by molar-refractivity contribution is 5.39. The van der Waals surface area contributed by atoms with E-state index in [1.807, 2.05) is 7.05 Å². The number of nitrogens with one attached hydrogen (secondary N) is 1. The first kappa shape index (κ1) is 16.3. The first-order valence-corrected chi connectivity index (χ1v) is 8.22. The van der Waals surface area contributed by atoms with Crippen LogP contribution in [0.15, 0.2) is 18.2 Å². The lowest BCUT2D eigenvalue weighted by Crippen LogP contribution is -2.32. The maximum atomic E-state index is 5.55. The fourth-order valence-electron chi connectivity index (χ4n) is 3.45. The Hall–Kier alpha value is -1.06. The van der Waals surface area contributed by atoms with E-state index in [2.05, 4.69) is 42.3 Å². The highest BCUT2D eigenvalue weighted by atomic mass is 16.5. The molecular weight excluding hydrogens is 260 g/mol. The molecule has 2 rings (SSSR count). The lowest BCUT2D eigenvalue weighted by Gasteiger charge is -2.25. The van der Waals surface area contributed by atoms with Gasteiger partial charge in [-0.2, -0.15) is 0 Å². The van der Waals surface area contributed by atoms with Crippen molar-refractivity contribution in [2.45, 2.75) is 39.2 Å². The molecule has 0 saturated carbocycles. The predicted molar refractivity (Wildman–Crippen MR) is 89.0 cm³/mol. The van der Waals surface area contributed by atoms with Gasteiger partial charge in [-0.25, -0.2) is 0 Å². The second-order valence-electron chi connectivity index (χ2n) is 6.29. The fraction of sp³-hybridized carbons (Fsp3) is 0.667. The Bertz CT molecular complexity index is 447. The summed E-state index contributed by atoms with van der Waals surface area (Å²) in [5, 5.41) is 3.47.